The van der Waals surface area contributed by atoms with E-state index in [1.165, 1.54) is 4.90 Å². The lowest BCUT2D eigenvalue weighted by atomic mass is 10.0. The fourth-order valence-electron chi connectivity index (χ4n) is 3.99. The van der Waals surface area contributed by atoms with E-state index < -0.39 is 0 Å². The minimum Gasteiger partial charge on any atom is -0.497 e. The SMILES string of the molecule is COc1ccc(CCNC(=O)CN2C(=O)c3cc4ccccc4cc3Oc3ncccc32)cc1. The normalized spacial score (nSPS) is 12.4. The highest BCUT2D eigenvalue weighted by Crippen LogP contribution is 2.38. The first-order valence-electron chi connectivity index (χ1n) is 11.0. The van der Waals surface area contributed by atoms with Crippen molar-refractivity contribution in [2.75, 3.05) is 25.1 Å². The van der Waals surface area contributed by atoms with Gasteiger partial charge in [-0.25, -0.2) is 4.98 Å². The van der Waals surface area contributed by atoms with Gasteiger partial charge < -0.3 is 14.8 Å². The molecule has 5 rings (SSSR count). The number of anilines is 1. The minimum absolute atomic E-state index is 0.143. The minimum atomic E-state index is -0.308. The number of nitrogens with one attached hydrogen (secondary N) is 1. The molecule has 0 saturated heterocycles. The monoisotopic (exact) mass is 453 g/mol. The number of carbonyl (C=O) groups excluding carboxylic acids is 2. The molecule has 0 radical (unpaired) electrons. The Hall–Kier alpha value is -4.39. The summed E-state index contributed by atoms with van der Waals surface area (Å²) in [5.74, 6) is 0.927. The molecule has 34 heavy (non-hydrogen) atoms. The van der Waals surface area contributed by atoms with E-state index in [4.69, 9.17) is 9.47 Å². The Morgan fingerprint density at radius 3 is 2.56 bits per heavy atom. The van der Waals surface area contributed by atoms with Gasteiger partial charge in [0.2, 0.25) is 11.8 Å². The first-order chi connectivity index (χ1) is 16.6. The van der Waals surface area contributed by atoms with Crippen molar-refractivity contribution in [1.82, 2.24) is 10.3 Å². The largest absolute Gasteiger partial charge is 0.497 e. The number of hydrogen-bond donors (Lipinski definition) is 1. The number of methoxy groups -OCH3 is 1. The van der Waals surface area contributed by atoms with E-state index in [1.54, 1.807) is 31.5 Å². The highest BCUT2D eigenvalue weighted by molar-refractivity contribution is 6.13. The van der Waals surface area contributed by atoms with Crippen LogP contribution in [0.5, 0.6) is 17.4 Å². The number of fused-ring (bicyclic) bond motifs is 3. The molecule has 0 spiro atoms. The number of hydrogen-bond acceptors (Lipinski definition) is 5. The van der Waals surface area contributed by atoms with Crippen LogP contribution in [0.3, 0.4) is 0 Å². The molecule has 0 unspecified atom stereocenters. The second-order valence-corrected chi connectivity index (χ2v) is 7.96. The second kappa shape index (κ2) is 9.23. The standard InChI is InChI=1S/C27H23N3O4/c1-33-21-10-8-18(9-11-21)12-14-28-25(31)17-30-23-7-4-13-29-26(23)34-24-16-20-6-3-2-5-19(20)15-22(24)27(30)32/h2-11,13,15-16H,12,14,17H2,1H3,(H,28,31). The molecular formula is C27H23N3O4. The van der Waals surface area contributed by atoms with Gasteiger partial charge in [0, 0.05) is 12.7 Å². The molecule has 2 heterocycles. The Labute approximate surface area is 196 Å². The van der Waals surface area contributed by atoms with E-state index in [0.29, 0.717) is 30.0 Å². The average Bonchev–Trinajstić information content (AvgIpc) is 2.97. The number of aromatic nitrogens is 1. The van der Waals surface area contributed by atoms with Crippen molar-refractivity contribution >= 4 is 28.3 Å². The van der Waals surface area contributed by atoms with Gasteiger partial charge in [-0.15, -0.1) is 0 Å². The van der Waals surface area contributed by atoms with Gasteiger partial charge in [0.05, 0.1) is 12.7 Å². The van der Waals surface area contributed by atoms with E-state index in [9.17, 15) is 9.59 Å². The zero-order chi connectivity index (χ0) is 23.5. The van der Waals surface area contributed by atoms with Crippen LogP contribution < -0.4 is 19.7 Å². The number of ether oxygens (including phenoxy) is 2. The van der Waals surface area contributed by atoms with Crippen LogP contribution >= 0.6 is 0 Å². The highest BCUT2D eigenvalue weighted by Gasteiger charge is 2.30. The summed E-state index contributed by atoms with van der Waals surface area (Å²) >= 11 is 0. The Kier molecular flexibility index (Phi) is 5.82. The Bertz CT molecular complexity index is 1370. The Morgan fingerprint density at radius 1 is 1.03 bits per heavy atom. The lowest BCUT2D eigenvalue weighted by molar-refractivity contribution is -0.119. The van der Waals surface area contributed by atoms with Crippen LogP contribution in [0.15, 0.2) is 79.0 Å². The van der Waals surface area contributed by atoms with Crippen LogP contribution in [0.25, 0.3) is 10.8 Å². The van der Waals surface area contributed by atoms with Crippen molar-refractivity contribution in [3.05, 3.63) is 90.1 Å². The molecule has 3 aromatic carbocycles. The number of benzene rings is 3. The van der Waals surface area contributed by atoms with Gasteiger partial charge in [0.15, 0.2) is 0 Å². The topological polar surface area (TPSA) is 80.8 Å². The van der Waals surface area contributed by atoms with E-state index in [-0.39, 0.29) is 24.2 Å². The second-order valence-electron chi connectivity index (χ2n) is 7.96. The molecule has 0 saturated carbocycles. The van der Waals surface area contributed by atoms with Crippen LogP contribution in [-0.2, 0) is 11.2 Å². The molecule has 1 aliphatic heterocycles. The molecule has 0 bridgehead atoms. The molecule has 7 heteroatoms. The highest BCUT2D eigenvalue weighted by atomic mass is 16.5. The summed E-state index contributed by atoms with van der Waals surface area (Å²) < 4.78 is 11.2. The molecule has 0 aliphatic carbocycles. The van der Waals surface area contributed by atoms with E-state index >= 15 is 0 Å². The molecule has 170 valence electrons. The number of amides is 2. The average molecular weight is 453 g/mol. The zero-order valence-electron chi connectivity index (χ0n) is 18.7. The third kappa shape index (κ3) is 4.28. The van der Waals surface area contributed by atoms with Gasteiger partial charge in [-0.3, -0.25) is 14.5 Å². The van der Waals surface area contributed by atoms with Gasteiger partial charge in [-0.05, 0) is 59.2 Å². The maximum atomic E-state index is 13.6. The number of carbonyl (C=O) groups is 2. The van der Waals surface area contributed by atoms with Gasteiger partial charge >= 0.3 is 0 Å². The third-order valence-corrected chi connectivity index (χ3v) is 5.77. The summed E-state index contributed by atoms with van der Waals surface area (Å²) in [5, 5.41) is 4.78. The molecule has 0 atom stereocenters. The van der Waals surface area contributed by atoms with Crippen molar-refractivity contribution in [3.63, 3.8) is 0 Å². The predicted octanol–water partition coefficient (Wildman–Crippen LogP) is 4.35. The van der Waals surface area contributed by atoms with Crippen LogP contribution in [-0.4, -0.2) is 37.0 Å². The summed E-state index contributed by atoms with van der Waals surface area (Å²) in [5.41, 5.74) is 1.93. The zero-order valence-corrected chi connectivity index (χ0v) is 18.7. The molecular weight excluding hydrogens is 430 g/mol. The fourth-order valence-corrected chi connectivity index (χ4v) is 3.99. The summed E-state index contributed by atoms with van der Waals surface area (Å²) in [6, 6.07) is 22.5. The van der Waals surface area contributed by atoms with E-state index in [1.807, 2.05) is 54.6 Å². The summed E-state index contributed by atoms with van der Waals surface area (Å²) in [6.45, 7) is 0.306. The van der Waals surface area contributed by atoms with Crippen molar-refractivity contribution in [2.24, 2.45) is 0 Å². The van der Waals surface area contributed by atoms with E-state index in [2.05, 4.69) is 10.3 Å². The summed E-state index contributed by atoms with van der Waals surface area (Å²) in [7, 11) is 1.62. The summed E-state index contributed by atoms with van der Waals surface area (Å²) in [6.07, 6.45) is 2.27. The first kappa shape index (κ1) is 21.5. The van der Waals surface area contributed by atoms with Gasteiger partial charge in [-0.2, -0.15) is 0 Å². The Balaban J connectivity index is 1.36. The van der Waals surface area contributed by atoms with Gasteiger partial charge in [0.25, 0.3) is 5.91 Å². The first-order valence-corrected chi connectivity index (χ1v) is 11.0. The molecule has 4 aromatic rings. The van der Waals surface area contributed by atoms with Crippen molar-refractivity contribution < 1.29 is 19.1 Å². The van der Waals surface area contributed by atoms with Crippen LogP contribution in [0.2, 0.25) is 0 Å². The number of rotatable bonds is 6. The van der Waals surface area contributed by atoms with Crippen molar-refractivity contribution in [2.45, 2.75) is 6.42 Å². The van der Waals surface area contributed by atoms with Gasteiger partial charge in [0.1, 0.15) is 23.7 Å². The maximum absolute atomic E-state index is 13.6. The third-order valence-electron chi connectivity index (χ3n) is 5.77. The Morgan fingerprint density at radius 2 is 1.79 bits per heavy atom. The van der Waals surface area contributed by atoms with Crippen molar-refractivity contribution in [1.29, 1.82) is 0 Å². The smallest absolute Gasteiger partial charge is 0.262 e. The number of nitrogens with zero attached hydrogens (tertiary/aromatic N) is 2. The molecule has 7 nitrogen and oxygen atoms in total. The van der Waals surface area contributed by atoms with Crippen LogP contribution in [0.1, 0.15) is 15.9 Å². The molecule has 0 fully saturated rings. The van der Waals surface area contributed by atoms with Gasteiger partial charge in [-0.1, -0.05) is 36.4 Å². The van der Waals surface area contributed by atoms with Crippen LogP contribution in [0.4, 0.5) is 5.69 Å². The molecule has 1 aromatic heterocycles. The summed E-state index contributed by atoms with van der Waals surface area (Å²) in [4.78, 5) is 32.1. The molecule has 2 amide bonds. The lowest BCUT2D eigenvalue weighted by Gasteiger charge is -2.21. The maximum Gasteiger partial charge on any atom is 0.262 e. The molecule has 1 aliphatic rings. The lowest BCUT2D eigenvalue weighted by Crippen LogP contribution is -2.41. The quantitative estimate of drug-likeness (QED) is 0.469. The fraction of sp³-hybridized carbons (Fsp3) is 0.148. The van der Waals surface area contributed by atoms with Crippen LogP contribution in [0, 0.1) is 0 Å². The van der Waals surface area contributed by atoms with E-state index in [0.717, 1.165) is 22.1 Å². The molecule has 1 N–H and O–H groups in total. The number of pyridine rings is 1. The van der Waals surface area contributed by atoms with Crippen molar-refractivity contribution in [3.8, 4) is 17.4 Å². The predicted molar refractivity (Wildman–Crippen MR) is 130 cm³/mol.